The van der Waals surface area contributed by atoms with Crippen molar-refractivity contribution in [2.24, 2.45) is 0 Å². The van der Waals surface area contributed by atoms with Gasteiger partial charge in [0.2, 0.25) is 0 Å². The number of hydrogen-bond acceptors (Lipinski definition) is 4. The van der Waals surface area contributed by atoms with Crippen LogP contribution in [0.5, 0.6) is 0 Å². The molecule has 0 amide bonds. The Morgan fingerprint density at radius 3 is 2.71 bits per heavy atom. The third-order valence-electron chi connectivity index (χ3n) is 4.64. The first-order chi connectivity index (χ1) is 11.6. The number of nitrogens with zero attached hydrogens (tertiary/aromatic N) is 2. The molecule has 2 aromatic heterocycles. The highest BCUT2D eigenvalue weighted by molar-refractivity contribution is 7.98. The molecule has 5 heteroatoms. The van der Waals surface area contributed by atoms with Gasteiger partial charge in [-0.1, -0.05) is 12.1 Å². The van der Waals surface area contributed by atoms with Gasteiger partial charge in [-0.3, -0.25) is 9.36 Å². The summed E-state index contributed by atoms with van der Waals surface area (Å²) in [6.45, 7) is 4.80. The maximum atomic E-state index is 12.8. The molecule has 0 saturated carbocycles. The maximum absolute atomic E-state index is 12.8. The molecule has 0 bridgehead atoms. The highest BCUT2D eigenvalue weighted by atomic mass is 32.2. The van der Waals surface area contributed by atoms with Crippen molar-refractivity contribution >= 4 is 45.0 Å². The van der Waals surface area contributed by atoms with Crippen molar-refractivity contribution in [3.05, 3.63) is 56.4 Å². The number of benzene rings is 1. The van der Waals surface area contributed by atoms with Gasteiger partial charge in [-0.2, -0.15) is 0 Å². The topological polar surface area (TPSA) is 34.9 Å². The van der Waals surface area contributed by atoms with Gasteiger partial charge in [-0.15, -0.1) is 23.1 Å². The summed E-state index contributed by atoms with van der Waals surface area (Å²) < 4.78 is 1.84. The first-order valence-corrected chi connectivity index (χ1v) is 9.98. The van der Waals surface area contributed by atoms with E-state index in [-0.39, 0.29) is 5.56 Å². The Labute approximate surface area is 149 Å². The van der Waals surface area contributed by atoms with Crippen LogP contribution in [0.2, 0.25) is 0 Å². The van der Waals surface area contributed by atoms with Crippen molar-refractivity contribution in [2.45, 2.75) is 31.7 Å². The molecule has 4 rings (SSSR count). The molecular formula is C19H18N2OS2. The molecular weight excluding hydrogens is 336 g/mol. The summed E-state index contributed by atoms with van der Waals surface area (Å²) in [6.07, 6.45) is 5.10. The standard InChI is InChI=1S/C19H18N2OS2/c1-11-12(2)24-18-16(11)19(22)21-9-8-14(17(21)20-18)10-13-4-6-15(23-3)7-5-13/h4-7,10H,8-9H2,1-3H3/b14-10+. The number of fused-ring (bicyclic) bond motifs is 2. The summed E-state index contributed by atoms with van der Waals surface area (Å²) >= 11 is 3.36. The molecule has 3 nitrogen and oxygen atoms in total. The second-order valence-electron chi connectivity index (χ2n) is 6.05. The highest BCUT2D eigenvalue weighted by Crippen LogP contribution is 2.32. The van der Waals surface area contributed by atoms with Crippen molar-refractivity contribution in [2.75, 3.05) is 6.26 Å². The fraction of sp³-hybridized carbons (Fsp3) is 0.263. The van der Waals surface area contributed by atoms with Crippen LogP contribution in [0.25, 0.3) is 21.9 Å². The fourth-order valence-corrected chi connectivity index (χ4v) is 4.59. The molecule has 0 spiro atoms. The lowest BCUT2D eigenvalue weighted by atomic mass is 10.1. The molecule has 0 N–H and O–H groups in total. The van der Waals surface area contributed by atoms with E-state index < -0.39 is 0 Å². The number of thiophene rings is 1. The predicted octanol–water partition coefficient (Wildman–Crippen LogP) is 4.74. The van der Waals surface area contributed by atoms with Crippen LogP contribution >= 0.6 is 23.1 Å². The zero-order chi connectivity index (χ0) is 16.8. The molecule has 0 aliphatic carbocycles. The number of rotatable bonds is 2. The number of hydrogen-bond donors (Lipinski definition) is 0. The lowest BCUT2D eigenvalue weighted by Crippen LogP contribution is -2.20. The van der Waals surface area contributed by atoms with E-state index in [2.05, 4.69) is 43.5 Å². The molecule has 122 valence electrons. The van der Waals surface area contributed by atoms with Gasteiger partial charge in [0.05, 0.1) is 5.39 Å². The van der Waals surface area contributed by atoms with Crippen LogP contribution in [-0.4, -0.2) is 15.8 Å². The summed E-state index contributed by atoms with van der Waals surface area (Å²) in [5.74, 6) is 0.836. The summed E-state index contributed by atoms with van der Waals surface area (Å²) in [4.78, 5) is 21.0. The number of aromatic nitrogens is 2. The van der Waals surface area contributed by atoms with Crippen LogP contribution in [-0.2, 0) is 6.54 Å². The number of allylic oxidation sites excluding steroid dienone is 1. The molecule has 24 heavy (non-hydrogen) atoms. The first kappa shape index (κ1) is 15.7. The van der Waals surface area contributed by atoms with E-state index in [1.807, 2.05) is 11.5 Å². The smallest absolute Gasteiger partial charge is 0.262 e. The average Bonchev–Trinajstić information content (AvgIpc) is 3.11. The van der Waals surface area contributed by atoms with E-state index in [0.29, 0.717) is 0 Å². The van der Waals surface area contributed by atoms with E-state index in [9.17, 15) is 4.79 Å². The highest BCUT2D eigenvalue weighted by Gasteiger charge is 2.23. The minimum atomic E-state index is 0.109. The zero-order valence-corrected chi connectivity index (χ0v) is 15.6. The van der Waals surface area contributed by atoms with Crippen molar-refractivity contribution in [1.29, 1.82) is 0 Å². The van der Waals surface area contributed by atoms with E-state index in [1.54, 1.807) is 23.1 Å². The van der Waals surface area contributed by atoms with Gasteiger partial charge in [-0.05, 0) is 61.4 Å². The second-order valence-corrected chi connectivity index (χ2v) is 8.13. The van der Waals surface area contributed by atoms with E-state index in [4.69, 9.17) is 4.98 Å². The Hall–Kier alpha value is -1.85. The molecule has 1 aliphatic heterocycles. The van der Waals surface area contributed by atoms with Crippen LogP contribution in [0.3, 0.4) is 0 Å². The molecule has 3 aromatic rings. The molecule has 0 radical (unpaired) electrons. The van der Waals surface area contributed by atoms with Gasteiger partial charge in [0.1, 0.15) is 10.7 Å². The van der Waals surface area contributed by atoms with Crippen LogP contribution < -0.4 is 5.56 Å². The quantitative estimate of drug-likeness (QED) is 0.624. The number of aryl methyl sites for hydroxylation is 2. The number of thioether (sulfide) groups is 1. The van der Waals surface area contributed by atoms with Crippen LogP contribution in [0, 0.1) is 13.8 Å². The largest absolute Gasteiger partial charge is 0.292 e. The molecule has 0 atom stereocenters. The Morgan fingerprint density at radius 2 is 2.00 bits per heavy atom. The monoisotopic (exact) mass is 354 g/mol. The van der Waals surface area contributed by atoms with Gasteiger partial charge < -0.3 is 0 Å². The SMILES string of the molecule is CSc1ccc(/C=C2\CCn3c2nc2sc(C)c(C)c2c3=O)cc1. The Bertz CT molecular complexity index is 1030. The van der Waals surface area contributed by atoms with Crippen molar-refractivity contribution in [3.8, 4) is 0 Å². The van der Waals surface area contributed by atoms with E-state index >= 15 is 0 Å². The van der Waals surface area contributed by atoms with E-state index in [1.165, 1.54) is 9.77 Å². The van der Waals surface area contributed by atoms with E-state index in [0.717, 1.165) is 45.7 Å². The Kier molecular flexibility index (Phi) is 3.85. The van der Waals surface area contributed by atoms with Gasteiger partial charge in [0.15, 0.2) is 0 Å². The fourth-order valence-electron chi connectivity index (χ4n) is 3.16. The normalized spacial score (nSPS) is 15.4. The van der Waals surface area contributed by atoms with Crippen molar-refractivity contribution in [1.82, 2.24) is 9.55 Å². The summed E-state index contributed by atoms with van der Waals surface area (Å²) in [5.41, 5.74) is 3.49. The summed E-state index contributed by atoms with van der Waals surface area (Å²) in [7, 11) is 0. The zero-order valence-electron chi connectivity index (χ0n) is 13.9. The maximum Gasteiger partial charge on any atom is 0.262 e. The molecule has 3 heterocycles. The second kappa shape index (κ2) is 5.90. The van der Waals surface area contributed by atoms with Crippen molar-refractivity contribution < 1.29 is 0 Å². The van der Waals surface area contributed by atoms with Gasteiger partial charge >= 0.3 is 0 Å². The third-order valence-corrected chi connectivity index (χ3v) is 6.48. The van der Waals surface area contributed by atoms with Crippen molar-refractivity contribution in [3.63, 3.8) is 0 Å². The van der Waals surface area contributed by atoms with Gasteiger partial charge in [0.25, 0.3) is 5.56 Å². The predicted molar refractivity (Wildman–Crippen MR) is 104 cm³/mol. The average molecular weight is 355 g/mol. The van der Waals surface area contributed by atoms with Crippen LogP contribution in [0.15, 0.2) is 34.0 Å². The van der Waals surface area contributed by atoms with Gasteiger partial charge in [0, 0.05) is 16.3 Å². The minimum absolute atomic E-state index is 0.109. The lowest BCUT2D eigenvalue weighted by Gasteiger charge is -2.04. The molecule has 0 saturated heterocycles. The minimum Gasteiger partial charge on any atom is -0.292 e. The molecule has 1 aliphatic rings. The molecule has 0 fully saturated rings. The van der Waals surface area contributed by atoms with Crippen LogP contribution in [0.4, 0.5) is 0 Å². The van der Waals surface area contributed by atoms with Crippen LogP contribution in [0.1, 0.15) is 28.2 Å². The summed E-state index contributed by atoms with van der Waals surface area (Å²) in [5, 5.41) is 0.798. The molecule has 0 unspecified atom stereocenters. The third kappa shape index (κ3) is 2.43. The Morgan fingerprint density at radius 1 is 1.25 bits per heavy atom. The summed E-state index contributed by atoms with van der Waals surface area (Å²) in [6, 6.07) is 8.50. The Balaban J connectivity index is 1.85. The first-order valence-electron chi connectivity index (χ1n) is 7.94. The van der Waals surface area contributed by atoms with Gasteiger partial charge in [-0.25, -0.2) is 4.98 Å². The molecule has 1 aromatic carbocycles. The lowest BCUT2D eigenvalue weighted by molar-refractivity contribution is 0.726.